The van der Waals surface area contributed by atoms with Gasteiger partial charge in [0.15, 0.2) is 0 Å². The highest BCUT2D eigenvalue weighted by Gasteiger charge is 2.14. The number of nitrogens with two attached hydrogens (primary N) is 1. The largest absolute Gasteiger partial charge is 0.319 e. The van der Waals surface area contributed by atoms with Crippen LogP contribution in [0.25, 0.3) is 10.8 Å². The van der Waals surface area contributed by atoms with Gasteiger partial charge in [0.2, 0.25) is 0 Å². The van der Waals surface area contributed by atoms with Crippen LogP contribution in [0.2, 0.25) is 0 Å². The summed E-state index contributed by atoms with van der Waals surface area (Å²) >= 11 is 0. The van der Waals surface area contributed by atoms with Crippen molar-refractivity contribution in [2.45, 2.75) is 6.04 Å². The molecule has 1 atom stereocenters. The third-order valence-corrected chi connectivity index (χ3v) is 2.79. The van der Waals surface area contributed by atoms with Crippen LogP contribution < -0.4 is 5.73 Å². The number of benzene rings is 1. The van der Waals surface area contributed by atoms with Gasteiger partial charge in [0, 0.05) is 23.3 Å². The predicted molar refractivity (Wildman–Crippen MR) is 64.2 cm³/mol. The second kappa shape index (κ2) is 3.95. The first-order chi connectivity index (χ1) is 8.36. The Bertz CT molecular complexity index is 627. The lowest BCUT2D eigenvalue weighted by atomic mass is 10.0. The Labute approximate surface area is 97.7 Å². The minimum absolute atomic E-state index is 0.313. The molecule has 5 nitrogen and oxygen atoms in total. The number of H-pyrrole nitrogens is 1. The van der Waals surface area contributed by atoms with Gasteiger partial charge in [-0.15, -0.1) is 0 Å². The highest BCUT2D eigenvalue weighted by atomic mass is 15.3. The summed E-state index contributed by atoms with van der Waals surface area (Å²) in [5, 5.41) is 12.5. The van der Waals surface area contributed by atoms with Crippen molar-refractivity contribution in [3.63, 3.8) is 0 Å². The van der Waals surface area contributed by atoms with E-state index in [0.29, 0.717) is 5.69 Å². The normalized spacial score (nSPS) is 12.8. The number of nitrogens with one attached hydrogen (secondary N) is 1. The van der Waals surface area contributed by atoms with Crippen molar-refractivity contribution in [1.82, 2.24) is 20.4 Å². The van der Waals surface area contributed by atoms with E-state index in [9.17, 15) is 0 Å². The van der Waals surface area contributed by atoms with Crippen molar-refractivity contribution in [1.29, 1.82) is 0 Å². The van der Waals surface area contributed by atoms with Crippen LogP contribution in [0.15, 0.2) is 42.9 Å². The summed E-state index contributed by atoms with van der Waals surface area (Å²) in [6.07, 6.45) is 5.24. The molecule has 84 valence electrons. The number of aromatic nitrogens is 4. The first kappa shape index (κ1) is 9.92. The Kier molecular flexibility index (Phi) is 2.31. The number of rotatable bonds is 2. The minimum atomic E-state index is -0.313. The summed E-state index contributed by atoms with van der Waals surface area (Å²) in [5.41, 5.74) is 7.83. The van der Waals surface area contributed by atoms with Crippen LogP contribution >= 0.6 is 0 Å². The fourth-order valence-corrected chi connectivity index (χ4v) is 1.91. The molecule has 0 aliphatic heterocycles. The van der Waals surface area contributed by atoms with Gasteiger partial charge in [-0.25, -0.2) is 0 Å². The summed E-state index contributed by atoms with van der Waals surface area (Å²) < 4.78 is 0. The maximum atomic E-state index is 6.16. The Balaban J connectivity index is 2.17. The number of fused-ring (bicyclic) bond motifs is 1. The monoisotopic (exact) mass is 225 g/mol. The van der Waals surface area contributed by atoms with E-state index in [2.05, 4.69) is 20.4 Å². The topological polar surface area (TPSA) is 80.5 Å². The van der Waals surface area contributed by atoms with Gasteiger partial charge in [-0.2, -0.15) is 15.4 Å². The van der Waals surface area contributed by atoms with Gasteiger partial charge in [0.1, 0.15) is 5.69 Å². The van der Waals surface area contributed by atoms with E-state index in [1.54, 1.807) is 12.4 Å². The molecule has 0 saturated heterocycles. The minimum Gasteiger partial charge on any atom is -0.319 e. The first-order valence-corrected chi connectivity index (χ1v) is 5.30. The van der Waals surface area contributed by atoms with Crippen LogP contribution in [0.4, 0.5) is 0 Å². The quantitative estimate of drug-likeness (QED) is 0.690. The SMILES string of the molecule is NC(c1cn[nH]n1)c1cncc2ccccc12. The summed E-state index contributed by atoms with van der Waals surface area (Å²) in [6.45, 7) is 0. The van der Waals surface area contributed by atoms with E-state index in [-0.39, 0.29) is 6.04 Å². The molecule has 3 aromatic rings. The summed E-state index contributed by atoms with van der Waals surface area (Å²) in [4.78, 5) is 4.21. The Morgan fingerprint density at radius 1 is 1.12 bits per heavy atom. The molecular weight excluding hydrogens is 214 g/mol. The zero-order chi connectivity index (χ0) is 11.7. The number of hydrogen-bond acceptors (Lipinski definition) is 4. The Morgan fingerprint density at radius 3 is 2.82 bits per heavy atom. The fourth-order valence-electron chi connectivity index (χ4n) is 1.91. The van der Waals surface area contributed by atoms with Crippen LogP contribution in [-0.2, 0) is 0 Å². The molecule has 0 radical (unpaired) electrons. The summed E-state index contributed by atoms with van der Waals surface area (Å²) in [6, 6.07) is 7.71. The fraction of sp³-hybridized carbons (Fsp3) is 0.0833. The molecule has 0 amide bonds. The molecule has 0 bridgehead atoms. The Morgan fingerprint density at radius 2 is 2.00 bits per heavy atom. The smallest absolute Gasteiger partial charge is 0.104 e. The molecule has 3 N–H and O–H groups in total. The van der Waals surface area contributed by atoms with Crippen molar-refractivity contribution in [2.75, 3.05) is 0 Å². The van der Waals surface area contributed by atoms with Crippen LogP contribution in [-0.4, -0.2) is 20.4 Å². The van der Waals surface area contributed by atoms with Gasteiger partial charge in [0.25, 0.3) is 0 Å². The number of nitrogens with zero attached hydrogens (tertiary/aromatic N) is 3. The second-order valence-electron chi connectivity index (χ2n) is 3.82. The van der Waals surface area contributed by atoms with E-state index < -0.39 is 0 Å². The van der Waals surface area contributed by atoms with Gasteiger partial charge >= 0.3 is 0 Å². The van der Waals surface area contributed by atoms with Crippen molar-refractivity contribution in [3.8, 4) is 0 Å². The standard InChI is InChI=1S/C12H11N5/c13-12(11-7-15-17-16-11)10-6-14-5-8-3-1-2-4-9(8)10/h1-7,12H,13H2,(H,15,16,17). The molecule has 2 heterocycles. The molecule has 1 unspecified atom stereocenters. The molecular formula is C12H11N5. The van der Waals surface area contributed by atoms with Crippen LogP contribution in [0, 0.1) is 0 Å². The number of pyridine rings is 1. The lowest BCUT2D eigenvalue weighted by Gasteiger charge is -2.11. The van der Waals surface area contributed by atoms with Crippen molar-refractivity contribution in [2.24, 2.45) is 5.73 Å². The molecule has 3 rings (SSSR count). The van der Waals surface area contributed by atoms with Gasteiger partial charge in [-0.05, 0) is 5.39 Å². The zero-order valence-corrected chi connectivity index (χ0v) is 9.04. The van der Waals surface area contributed by atoms with Crippen molar-refractivity contribution < 1.29 is 0 Å². The van der Waals surface area contributed by atoms with Crippen LogP contribution in [0.3, 0.4) is 0 Å². The molecule has 2 aromatic heterocycles. The van der Waals surface area contributed by atoms with E-state index in [1.165, 1.54) is 0 Å². The van der Waals surface area contributed by atoms with Gasteiger partial charge in [0.05, 0.1) is 12.2 Å². The predicted octanol–water partition coefficient (Wildman–Crippen LogP) is 1.40. The average molecular weight is 225 g/mol. The first-order valence-electron chi connectivity index (χ1n) is 5.30. The molecule has 0 aliphatic carbocycles. The molecule has 0 aliphatic rings. The molecule has 5 heteroatoms. The lowest BCUT2D eigenvalue weighted by Crippen LogP contribution is -2.13. The zero-order valence-electron chi connectivity index (χ0n) is 9.04. The van der Waals surface area contributed by atoms with E-state index in [4.69, 9.17) is 5.73 Å². The molecule has 0 spiro atoms. The molecule has 0 fully saturated rings. The molecule has 0 saturated carbocycles. The highest BCUT2D eigenvalue weighted by Crippen LogP contribution is 2.24. The van der Waals surface area contributed by atoms with Crippen molar-refractivity contribution in [3.05, 3.63) is 54.1 Å². The van der Waals surface area contributed by atoms with Crippen LogP contribution in [0.5, 0.6) is 0 Å². The van der Waals surface area contributed by atoms with E-state index in [0.717, 1.165) is 16.3 Å². The van der Waals surface area contributed by atoms with Crippen LogP contribution in [0.1, 0.15) is 17.3 Å². The van der Waals surface area contributed by atoms with E-state index >= 15 is 0 Å². The molecule has 17 heavy (non-hydrogen) atoms. The van der Waals surface area contributed by atoms with Crippen molar-refractivity contribution >= 4 is 10.8 Å². The Hall–Kier alpha value is -2.27. The highest BCUT2D eigenvalue weighted by molar-refractivity contribution is 5.85. The average Bonchev–Trinajstić information content (AvgIpc) is 2.91. The number of aromatic amines is 1. The third kappa shape index (κ3) is 1.66. The van der Waals surface area contributed by atoms with Gasteiger partial charge < -0.3 is 5.73 Å². The third-order valence-electron chi connectivity index (χ3n) is 2.79. The summed E-state index contributed by atoms with van der Waals surface area (Å²) in [5.74, 6) is 0. The van der Waals surface area contributed by atoms with E-state index in [1.807, 2.05) is 30.5 Å². The maximum Gasteiger partial charge on any atom is 0.104 e. The second-order valence-corrected chi connectivity index (χ2v) is 3.82. The molecule has 1 aromatic carbocycles. The number of hydrogen-bond donors (Lipinski definition) is 2. The lowest BCUT2D eigenvalue weighted by molar-refractivity contribution is 0.811. The van der Waals surface area contributed by atoms with Gasteiger partial charge in [-0.1, -0.05) is 24.3 Å². The van der Waals surface area contributed by atoms with Gasteiger partial charge in [-0.3, -0.25) is 4.98 Å². The maximum absolute atomic E-state index is 6.16. The summed E-state index contributed by atoms with van der Waals surface area (Å²) in [7, 11) is 0.